The molecule has 0 N–H and O–H groups in total. The minimum atomic E-state index is -0.508. The summed E-state index contributed by atoms with van der Waals surface area (Å²) in [6, 6.07) is 6.03. The van der Waals surface area contributed by atoms with Gasteiger partial charge in [0.2, 0.25) is 11.1 Å². The number of benzene rings is 1. The Kier molecular flexibility index (Phi) is 12.1. The lowest BCUT2D eigenvalue weighted by atomic mass is 10.0. The first-order valence-electron chi connectivity index (χ1n) is 7.19. The van der Waals surface area contributed by atoms with E-state index in [4.69, 9.17) is 39.5 Å². The van der Waals surface area contributed by atoms with Crippen LogP contribution in [0.15, 0.2) is 18.2 Å². The Morgan fingerprint density at radius 1 is 1.17 bits per heavy atom. The molecule has 7 heteroatoms. The molecule has 0 spiro atoms. The number of ether oxygens (including phenoxy) is 1. The van der Waals surface area contributed by atoms with Crippen LogP contribution in [0.25, 0.3) is 0 Å². The molecule has 0 aliphatic rings. The van der Waals surface area contributed by atoms with E-state index in [1.165, 1.54) is 0 Å². The average Bonchev–Trinajstić information content (AvgIpc) is 2.56. The maximum atomic E-state index is 12.0. The number of halogens is 3. The minimum Gasteiger partial charge on any atom is -0.361 e. The van der Waals surface area contributed by atoms with Gasteiger partial charge in [0, 0.05) is 6.61 Å². The summed E-state index contributed by atoms with van der Waals surface area (Å²) in [5.74, 6) is -0.263. The molecule has 0 aliphatic heterocycles. The lowest BCUT2D eigenvalue weighted by molar-refractivity contribution is -0.117. The predicted octanol–water partition coefficient (Wildman–Crippen LogP) is 4.11. The van der Waals surface area contributed by atoms with Crippen molar-refractivity contribution in [1.82, 2.24) is 0 Å². The SMILES string of the molecule is CCOCN(C(=O)CCl)c1c(C)cccc1CC.O=C(Cl)CCl. The summed E-state index contributed by atoms with van der Waals surface area (Å²) < 4.78 is 5.37. The quantitative estimate of drug-likeness (QED) is 0.405. The third-order valence-corrected chi connectivity index (χ3v) is 3.66. The van der Waals surface area contributed by atoms with E-state index < -0.39 is 5.24 Å². The van der Waals surface area contributed by atoms with Crippen LogP contribution in [0.4, 0.5) is 5.69 Å². The van der Waals surface area contributed by atoms with Gasteiger partial charge in [-0.1, -0.05) is 25.1 Å². The van der Waals surface area contributed by atoms with Gasteiger partial charge < -0.3 is 4.74 Å². The number of anilines is 1. The fourth-order valence-corrected chi connectivity index (χ4v) is 2.05. The number of para-hydroxylation sites is 1. The summed E-state index contributed by atoms with van der Waals surface area (Å²) in [7, 11) is 0. The van der Waals surface area contributed by atoms with Crippen LogP contribution in [-0.4, -0.2) is 36.2 Å². The van der Waals surface area contributed by atoms with Gasteiger partial charge in [-0.2, -0.15) is 0 Å². The molecular weight excluding hydrogens is 361 g/mol. The van der Waals surface area contributed by atoms with E-state index in [-0.39, 0.29) is 24.4 Å². The van der Waals surface area contributed by atoms with Gasteiger partial charge in [-0.25, -0.2) is 0 Å². The number of alkyl halides is 2. The second-order valence-corrected chi connectivity index (χ2v) is 5.46. The third kappa shape index (κ3) is 8.02. The smallest absolute Gasteiger partial charge is 0.243 e. The second kappa shape index (κ2) is 12.6. The van der Waals surface area contributed by atoms with Crippen LogP contribution in [0.5, 0.6) is 0 Å². The molecule has 0 atom stereocenters. The van der Waals surface area contributed by atoms with Gasteiger partial charge >= 0.3 is 0 Å². The first kappa shape index (κ1) is 22.2. The van der Waals surface area contributed by atoms with Crippen molar-refractivity contribution in [3.63, 3.8) is 0 Å². The summed E-state index contributed by atoms with van der Waals surface area (Å²) in [5, 5.41) is -0.508. The van der Waals surface area contributed by atoms with Crippen molar-refractivity contribution in [2.45, 2.75) is 27.2 Å². The fourth-order valence-electron chi connectivity index (χ4n) is 1.91. The van der Waals surface area contributed by atoms with Crippen molar-refractivity contribution in [1.29, 1.82) is 0 Å². The molecule has 0 saturated heterocycles. The Balaban J connectivity index is 0.000000841. The van der Waals surface area contributed by atoms with Gasteiger partial charge in [-0.3, -0.25) is 14.5 Å². The largest absolute Gasteiger partial charge is 0.361 e. The maximum Gasteiger partial charge on any atom is 0.243 e. The standard InChI is InChI=1S/C14H20ClNO2.C2H2Cl2O/c1-4-12-8-6-7-11(3)14(12)16(10-18-5-2)13(17)9-15;3-1-2(4)5/h6-8H,4-5,9-10H2,1-3H3;1H2. The Morgan fingerprint density at radius 3 is 2.22 bits per heavy atom. The zero-order valence-corrected chi connectivity index (χ0v) is 15.8. The predicted molar refractivity (Wildman–Crippen MR) is 96.8 cm³/mol. The van der Waals surface area contributed by atoms with Crippen LogP contribution in [0, 0.1) is 6.92 Å². The van der Waals surface area contributed by atoms with E-state index >= 15 is 0 Å². The zero-order chi connectivity index (χ0) is 17.8. The molecule has 0 bridgehead atoms. The molecule has 130 valence electrons. The molecule has 0 aliphatic carbocycles. The Morgan fingerprint density at radius 2 is 1.78 bits per heavy atom. The van der Waals surface area contributed by atoms with Gasteiger partial charge in [0.15, 0.2) is 0 Å². The van der Waals surface area contributed by atoms with Crippen molar-refractivity contribution in [2.75, 3.05) is 30.0 Å². The summed E-state index contributed by atoms with van der Waals surface area (Å²) in [5.41, 5.74) is 3.12. The second-order valence-electron chi connectivity index (χ2n) is 4.50. The Hall–Kier alpha value is -0.810. The zero-order valence-electron chi connectivity index (χ0n) is 13.6. The minimum absolute atomic E-state index is 0.0371. The molecule has 1 aromatic carbocycles. The van der Waals surface area contributed by atoms with Crippen molar-refractivity contribution < 1.29 is 14.3 Å². The van der Waals surface area contributed by atoms with E-state index in [1.807, 2.05) is 32.0 Å². The van der Waals surface area contributed by atoms with E-state index in [1.54, 1.807) is 4.90 Å². The van der Waals surface area contributed by atoms with Crippen LogP contribution in [0.2, 0.25) is 0 Å². The number of rotatable bonds is 7. The number of aryl methyl sites for hydroxylation is 2. The van der Waals surface area contributed by atoms with Crippen molar-refractivity contribution in [2.24, 2.45) is 0 Å². The topological polar surface area (TPSA) is 46.6 Å². The lowest BCUT2D eigenvalue weighted by Gasteiger charge is -2.25. The molecule has 1 aromatic rings. The Bertz CT molecular complexity index is 509. The average molecular weight is 383 g/mol. The number of hydrogen-bond donors (Lipinski definition) is 0. The first-order chi connectivity index (χ1) is 10.9. The molecule has 1 amide bonds. The number of hydrogen-bond acceptors (Lipinski definition) is 3. The van der Waals surface area contributed by atoms with Crippen LogP contribution in [-0.2, 0) is 20.7 Å². The van der Waals surface area contributed by atoms with Crippen molar-refractivity contribution >= 4 is 51.6 Å². The lowest BCUT2D eigenvalue weighted by Crippen LogP contribution is -2.35. The van der Waals surface area contributed by atoms with Gasteiger partial charge in [-0.05, 0) is 43.0 Å². The molecule has 0 radical (unpaired) electrons. The van der Waals surface area contributed by atoms with Gasteiger partial charge in [0.05, 0.1) is 11.6 Å². The van der Waals surface area contributed by atoms with E-state index in [0.717, 1.165) is 23.2 Å². The molecular formula is C16H22Cl3NO3. The molecule has 0 saturated carbocycles. The molecule has 0 aromatic heterocycles. The third-order valence-electron chi connectivity index (χ3n) is 2.92. The first-order valence-corrected chi connectivity index (χ1v) is 8.64. The van der Waals surface area contributed by atoms with Crippen molar-refractivity contribution in [3.8, 4) is 0 Å². The summed E-state index contributed by atoms with van der Waals surface area (Å²) in [6.45, 7) is 6.79. The van der Waals surface area contributed by atoms with Crippen LogP contribution in [0.1, 0.15) is 25.0 Å². The summed E-state index contributed by atoms with van der Waals surface area (Å²) >= 11 is 15.2. The van der Waals surface area contributed by atoms with Crippen LogP contribution >= 0.6 is 34.8 Å². The van der Waals surface area contributed by atoms with Gasteiger partial charge in [0.25, 0.3) is 0 Å². The van der Waals surface area contributed by atoms with Crippen LogP contribution < -0.4 is 4.90 Å². The molecule has 0 heterocycles. The highest BCUT2D eigenvalue weighted by atomic mass is 35.5. The van der Waals surface area contributed by atoms with Crippen molar-refractivity contribution in [3.05, 3.63) is 29.3 Å². The molecule has 0 unspecified atom stereocenters. The van der Waals surface area contributed by atoms with E-state index in [9.17, 15) is 9.59 Å². The normalized spacial score (nSPS) is 9.83. The highest BCUT2D eigenvalue weighted by Crippen LogP contribution is 2.26. The number of carbonyl (C=O) groups excluding carboxylic acids is 2. The number of carbonyl (C=O) groups is 2. The van der Waals surface area contributed by atoms with Gasteiger partial charge in [-0.15, -0.1) is 23.2 Å². The molecule has 4 nitrogen and oxygen atoms in total. The number of nitrogens with zero attached hydrogens (tertiary/aromatic N) is 1. The van der Waals surface area contributed by atoms with Gasteiger partial charge in [0.1, 0.15) is 12.6 Å². The monoisotopic (exact) mass is 381 g/mol. The fraction of sp³-hybridized carbons (Fsp3) is 0.500. The van der Waals surface area contributed by atoms with E-state index in [2.05, 4.69) is 6.92 Å². The highest BCUT2D eigenvalue weighted by Gasteiger charge is 2.19. The molecule has 1 rings (SSSR count). The molecule has 23 heavy (non-hydrogen) atoms. The summed E-state index contributed by atoms with van der Waals surface area (Å²) in [6.07, 6.45) is 0.870. The van der Waals surface area contributed by atoms with Crippen LogP contribution in [0.3, 0.4) is 0 Å². The summed E-state index contributed by atoms with van der Waals surface area (Å²) in [4.78, 5) is 23.0. The number of amides is 1. The molecule has 0 fully saturated rings. The maximum absolute atomic E-state index is 12.0. The Labute approximate surface area is 152 Å². The highest BCUT2D eigenvalue weighted by molar-refractivity contribution is 6.67. The van der Waals surface area contributed by atoms with E-state index in [0.29, 0.717) is 6.61 Å².